The molecular weight excluding hydrogens is 230 g/mol. The Labute approximate surface area is 107 Å². The van der Waals surface area contributed by atoms with Crippen molar-refractivity contribution in [3.63, 3.8) is 0 Å². The minimum atomic E-state index is -0.239. The lowest BCUT2D eigenvalue weighted by atomic mass is 10.2. The number of anilines is 1. The Hall–Kier alpha value is -1.24. The first kappa shape index (κ1) is 13.2. The molecule has 1 aromatic rings. The van der Waals surface area contributed by atoms with Gasteiger partial charge in [0.2, 0.25) is 0 Å². The highest BCUT2D eigenvalue weighted by atomic mass is 16.3. The highest BCUT2D eigenvalue weighted by molar-refractivity contribution is 5.22. The number of nitrogens with zero attached hydrogens (tertiary/aromatic N) is 4. The van der Waals surface area contributed by atoms with Gasteiger partial charge in [-0.2, -0.15) is 0 Å². The van der Waals surface area contributed by atoms with Gasteiger partial charge < -0.3 is 15.7 Å². The first-order chi connectivity index (χ1) is 8.54. The van der Waals surface area contributed by atoms with Gasteiger partial charge in [0.25, 0.3) is 0 Å². The summed E-state index contributed by atoms with van der Waals surface area (Å²) in [7, 11) is 4.10. The number of nitrogens with two attached hydrogens (primary N) is 1. The van der Waals surface area contributed by atoms with Crippen LogP contribution in [-0.4, -0.2) is 64.2 Å². The van der Waals surface area contributed by atoms with Gasteiger partial charge in [0.1, 0.15) is 5.82 Å². The normalized spacial score (nSPS) is 24.9. The fraction of sp³-hybridized carbons (Fsp3) is 0.667. The largest absolute Gasteiger partial charge is 0.392 e. The van der Waals surface area contributed by atoms with Crippen LogP contribution in [0.5, 0.6) is 0 Å². The first-order valence-corrected chi connectivity index (χ1v) is 6.18. The molecule has 1 aliphatic heterocycles. The quantitative estimate of drug-likeness (QED) is 0.755. The Morgan fingerprint density at radius 1 is 1.44 bits per heavy atom. The minimum Gasteiger partial charge on any atom is -0.392 e. The summed E-state index contributed by atoms with van der Waals surface area (Å²) in [6.07, 6.45) is 3.85. The molecule has 2 heterocycles. The van der Waals surface area contributed by atoms with E-state index >= 15 is 0 Å². The summed E-state index contributed by atoms with van der Waals surface area (Å²) in [6.45, 7) is 2.35. The summed E-state index contributed by atoms with van der Waals surface area (Å²) in [4.78, 5) is 12.7. The van der Waals surface area contributed by atoms with E-state index in [0.29, 0.717) is 24.9 Å². The van der Waals surface area contributed by atoms with Crippen LogP contribution in [0.3, 0.4) is 0 Å². The molecule has 2 rings (SSSR count). The first-order valence-electron chi connectivity index (χ1n) is 6.18. The molecule has 0 spiro atoms. The number of hydrogen-bond donors (Lipinski definition) is 2. The van der Waals surface area contributed by atoms with Crippen molar-refractivity contribution in [3.8, 4) is 0 Å². The van der Waals surface area contributed by atoms with E-state index < -0.39 is 0 Å². The van der Waals surface area contributed by atoms with Crippen LogP contribution in [0.4, 0.5) is 5.82 Å². The van der Waals surface area contributed by atoms with Crippen LogP contribution in [0, 0.1) is 0 Å². The lowest BCUT2D eigenvalue weighted by Crippen LogP contribution is -2.37. The van der Waals surface area contributed by atoms with Crippen molar-refractivity contribution in [2.24, 2.45) is 0 Å². The second kappa shape index (κ2) is 5.60. The molecule has 0 saturated carbocycles. The maximum Gasteiger partial charge on any atom is 0.141 e. The summed E-state index contributed by atoms with van der Waals surface area (Å²) < 4.78 is 0. The van der Waals surface area contributed by atoms with E-state index in [9.17, 15) is 5.11 Å². The van der Waals surface area contributed by atoms with Crippen molar-refractivity contribution in [3.05, 3.63) is 18.1 Å². The van der Waals surface area contributed by atoms with Crippen molar-refractivity contribution in [2.75, 3.05) is 32.9 Å². The lowest BCUT2D eigenvalue weighted by molar-refractivity contribution is 0.168. The fourth-order valence-corrected chi connectivity index (χ4v) is 2.42. The van der Waals surface area contributed by atoms with Crippen LogP contribution in [0.1, 0.15) is 12.1 Å². The van der Waals surface area contributed by atoms with E-state index in [1.54, 1.807) is 12.4 Å². The molecule has 100 valence electrons. The van der Waals surface area contributed by atoms with Crippen LogP contribution >= 0.6 is 0 Å². The smallest absolute Gasteiger partial charge is 0.141 e. The van der Waals surface area contributed by atoms with E-state index in [2.05, 4.69) is 19.8 Å². The maximum atomic E-state index is 9.79. The van der Waals surface area contributed by atoms with Crippen LogP contribution < -0.4 is 5.73 Å². The van der Waals surface area contributed by atoms with Gasteiger partial charge in [0.15, 0.2) is 0 Å². The maximum absolute atomic E-state index is 9.79. The van der Waals surface area contributed by atoms with E-state index in [4.69, 9.17) is 5.73 Å². The second-order valence-corrected chi connectivity index (χ2v) is 5.17. The molecule has 1 fully saturated rings. The van der Waals surface area contributed by atoms with Gasteiger partial charge >= 0.3 is 0 Å². The number of likely N-dealkylation sites (N-methyl/N-ethyl adjacent to an activating group) is 1. The van der Waals surface area contributed by atoms with Crippen molar-refractivity contribution in [1.29, 1.82) is 0 Å². The number of rotatable bonds is 4. The molecule has 6 nitrogen and oxygen atoms in total. The zero-order valence-corrected chi connectivity index (χ0v) is 11.0. The molecule has 18 heavy (non-hydrogen) atoms. The number of aromatic nitrogens is 2. The van der Waals surface area contributed by atoms with Gasteiger partial charge in [-0.25, -0.2) is 4.98 Å². The Morgan fingerprint density at radius 3 is 2.83 bits per heavy atom. The van der Waals surface area contributed by atoms with Gasteiger partial charge in [0.05, 0.1) is 24.2 Å². The van der Waals surface area contributed by atoms with Gasteiger partial charge in [-0.05, 0) is 20.5 Å². The molecule has 1 aromatic heterocycles. The number of aliphatic hydroxyl groups excluding tert-OH is 1. The SMILES string of the molecule is CN(C)CC1CC(O)CN1Cc1cnc(N)cn1. The molecule has 0 radical (unpaired) electrons. The van der Waals surface area contributed by atoms with Gasteiger partial charge in [0, 0.05) is 25.7 Å². The van der Waals surface area contributed by atoms with Crippen molar-refractivity contribution >= 4 is 5.82 Å². The van der Waals surface area contributed by atoms with E-state index in [0.717, 1.165) is 18.7 Å². The Morgan fingerprint density at radius 2 is 2.22 bits per heavy atom. The molecule has 6 heteroatoms. The van der Waals surface area contributed by atoms with Crippen molar-refractivity contribution in [2.45, 2.75) is 25.1 Å². The van der Waals surface area contributed by atoms with Gasteiger partial charge in [-0.15, -0.1) is 0 Å². The monoisotopic (exact) mass is 251 g/mol. The standard InChI is InChI=1S/C12H21N5O/c1-16(2)7-10-3-11(18)8-17(10)6-9-4-15-12(13)5-14-9/h4-5,10-11,18H,3,6-8H2,1-2H3,(H2,13,15). The molecule has 0 aliphatic carbocycles. The Bertz CT molecular complexity index is 381. The lowest BCUT2D eigenvalue weighted by Gasteiger charge is -2.26. The number of aliphatic hydroxyl groups is 1. The molecular formula is C12H21N5O. The third-order valence-electron chi connectivity index (χ3n) is 3.17. The number of hydrogen-bond acceptors (Lipinski definition) is 6. The van der Waals surface area contributed by atoms with E-state index in [1.807, 2.05) is 14.1 Å². The van der Waals surface area contributed by atoms with Gasteiger partial charge in [-0.3, -0.25) is 9.88 Å². The average Bonchev–Trinajstić information content (AvgIpc) is 2.61. The Balaban J connectivity index is 2.00. The second-order valence-electron chi connectivity index (χ2n) is 5.17. The number of β-amino-alcohol motifs (C(OH)–C–C–N with tert-alkyl or cyclic N) is 1. The predicted molar refractivity (Wildman–Crippen MR) is 69.8 cm³/mol. The molecule has 1 aliphatic rings. The van der Waals surface area contributed by atoms with Crippen LogP contribution in [0.15, 0.2) is 12.4 Å². The summed E-state index contributed by atoms with van der Waals surface area (Å²) in [5.74, 6) is 0.435. The minimum absolute atomic E-state index is 0.239. The molecule has 1 saturated heterocycles. The third kappa shape index (κ3) is 3.38. The zero-order valence-electron chi connectivity index (χ0n) is 11.0. The predicted octanol–water partition coefficient (Wildman–Crippen LogP) is -0.444. The van der Waals surface area contributed by atoms with Crippen LogP contribution in [0.25, 0.3) is 0 Å². The average molecular weight is 251 g/mol. The summed E-state index contributed by atoms with van der Waals surface area (Å²) in [5, 5.41) is 9.79. The number of nitrogen functional groups attached to an aromatic ring is 1. The van der Waals surface area contributed by atoms with Gasteiger partial charge in [-0.1, -0.05) is 0 Å². The highest BCUT2D eigenvalue weighted by Gasteiger charge is 2.31. The molecule has 0 bridgehead atoms. The summed E-state index contributed by atoms with van der Waals surface area (Å²) in [5.41, 5.74) is 6.41. The molecule has 2 unspecified atom stereocenters. The van der Waals surface area contributed by atoms with Crippen LogP contribution in [0.2, 0.25) is 0 Å². The molecule has 3 N–H and O–H groups in total. The topological polar surface area (TPSA) is 78.5 Å². The summed E-state index contributed by atoms with van der Waals surface area (Å²) in [6, 6.07) is 0.370. The molecule has 0 amide bonds. The Kier molecular flexibility index (Phi) is 4.11. The number of likely N-dealkylation sites (tertiary alicyclic amines) is 1. The van der Waals surface area contributed by atoms with Crippen LogP contribution in [-0.2, 0) is 6.54 Å². The molecule has 2 atom stereocenters. The van der Waals surface area contributed by atoms with E-state index in [1.165, 1.54) is 0 Å². The van der Waals surface area contributed by atoms with E-state index in [-0.39, 0.29) is 6.10 Å². The highest BCUT2D eigenvalue weighted by Crippen LogP contribution is 2.20. The summed E-state index contributed by atoms with van der Waals surface area (Å²) >= 11 is 0. The fourth-order valence-electron chi connectivity index (χ4n) is 2.42. The zero-order chi connectivity index (χ0) is 13.1. The molecule has 0 aromatic carbocycles. The van der Waals surface area contributed by atoms with Crippen molar-refractivity contribution in [1.82, 2.24) is 19.8 Å². The van der Waals surface area contributed by atoms with Crippen molar-refractivity contribution < 1.29 is 5.11 Å². The third-order valence-corrected chi connectivity index (χ3v) is 3.17.